The van der Waals surface area contributed by atoms with Gasteiger partial charge < -0.3 is 4.98 Å². The van der Waals surface area contributed by atoms with E-state index in [0.717, 1.165) is 29.0 Å². The molecular weight excluding hydrogens is 441 g/mol. The molecule has 0 unspecified atom stereocenters. The van der Waals surface area contributed by atoms with Crippen LogP contribution in [0.4, 0.5) is 13.2 Å². The van der Waals surface area contributed by atoms with Crippen molar-refractivity contribution in [2.45, 2.75) is 39.3 Å². The zero-order valence-electron chi connectivity index (χ0n) is 17.8. The summed E-state index contributed by atoms with van der Waals surface area (Å²) in [6.45, 7) is 8.10. The van der Waals surface area contributed by atoms with Gasteiger partial charge in [0.15, 0.2) is 11.2 Å². The number of hydrogen-bond donors (Lipinski definition) is 1. The highest BCUT2D eigenvalue weighted by Gasteiger charge is 2.36. The largest absolute Gasteiger partial charge is 0.433 e. The van der Waals surface area contributed by atoms with E-state index in [0.29, 0.717) is 20.9 Å². The van der Waals surface area contributed by atoms with Gasteiger partial charge in [0.1, 0.15) is 5.69 Å². The fraction of sp³-hybridized carbons (Fsp3) is 0.261. The first-order valence-corrected chi connectivity index (χ1v) is 10.2. The minimum Gasteiger partial charge on any atom is -0.354 e. The molecule has 0 fully saturated rings. The predicted molar refractivity (Wildman–Crippen MR) is 118 cm³/mol. The lowest BCUT2D eigenvalue weighted by Gasteiger charge is -2.22. The average molecular weight is 461 g/mol. The van der Waals surface area contributed by atoms with Gasteiger partial charge in [-0.2, -0.15) is 18.3 Å². The Hall–Kier alpha value is -3.13. The quantitative estimate of drug-likeness (QED) is 0.396. The number of nitrogens with one attached hydrogen (secondary N) is 1. The number of aryl methyl sites for hydroxylation is 1. The Morgan fingerprint density at radius 1 is 1.06 bits per heavy atom. The summed E-state index contributed by atoms with van der Waals surface area (Å²) >= 11 is 6.53. The van der Waals surface area contributed by atoms with E-state index in [1.165, 1.54) is 12.3 Å². The van der Waals surface area contributed by atoms with Crippen LogP contribution >= 0.6 is 11.6 Å². The van der Waals surface area contributed by atoms with Crippen molar-refractivity contribution in [3.63, 3.8) is 0 Å². The van der Waals surface area contributed by atoms with E-state index in [-0.39, 0.29) is 16.6 Å². The van der Waals surface area contributed by atoms with Crippen molar-refractivity contribution in [3.8, 4) is 17.1 Å². The van der Waals surface area contributed by atoms with E-state index >= 15 is 0 Å². The lowest BCUT2D eigenvalue weighted by molar-refractivity contribution is -0.142. The summed E-state index contributed by atoms with van der Waals surface area (Å²) in [5, 5.41) is 4.33. The SMILES string of the molecule is Cc1cc(C(C)(C)C)c(Cl)cc1-c1cc(=O)c2c(-n3nccc3C(F)(F)F)nccc2[nH]1. The third-order valence-corrected chi connectivity index (χ3v) is 5.58. The van der Waals surface area contributed by atoms with Crippen molar-refractivity contribution in [1.82, 2.24) is 19.7 Å². The maximum atomic E-state index is 13.4. The van der Waals surface area contributed by atoms with E-state index in [4.69, 9.17) is 11.6 Å². The van der Waals surface area contributed by atoms with Gasteiger partial charge in [-0.3, -0.25) is 4.79 Å². The van der Waals surface area contributed by atoms with Crippen LogP contribution in [-0.2, 0) is 11.6 Å². The number of aromatic nitrogens is 4. The normalized spacial score (nSPS) is 12.5. The lowest BCUT2D eigenvalue weighted by atomic mass is 9.85. The third-order valence-electron chi connectivity index (χ3n) is 5.27. The molecule has 0 aliphatic carbocycles. The smallest absolute Gasteiger partial charge is 0.354 e. The summed E-state index contributed by atoms with van der Waals surface area (Å²) in [4.78, 5) is 20.2. The maximum absolute atomic E-state index is 13.4. The number of H-pyrrole nitrogens is 1. The number of hydrogen-bond acceptors (Lipinski definition) is 3. The molecule has 1 N–H and O–H groups in total. The fourth-order valence-electron chi connectivity index (χ4n) is 3.72. The molecule has 0 saturated carbocycles. The first-order chi connectivity index (χ1) is 14.9. The van der Waals surface area contributed by atoms with E-state index in [1.807, 2.05) is 13.0 Å². The van der Waals surface area contributed by atoms with Crippen LogP contribution in [0.15, 0.2) is 47.5 Å². The predicted octanol–water partition coefficient (Wildman–Crippen LogP) is 6.05. The van der Waals surface area contributed by atoms with Crippen molar-refractivity contribution in [2.75, 3.05) is 0 Å². The Bertz CT molecular complexity index is 1400. The summed E-state index contributed by atoms with van der Waals surface area (Å²) in [5.41, 5.74) is 1.83. The Morgan fingerprint density at radius 2 is 1.78 bits per heavy atom. The van der Waals surface area contributed by atoms with Crippen molar-refractivity contribution in [2.24, 2.45) is 0 Å². The zero-order chi connectivity index (χ0) is 23.4. The second-order valence-corrected chi connectivity index (χ2v) is 9.03. The highest BCUT2D eigenvalue weighted by Crippen LogP contribution is 2.35. The van der Waals surface area contributed by atoms with Crippen LogP contribution in [-0.4, -0.2) is 19.7 Å². The molecule has 0 radical (unpaired) electrons. The van der Waals surface area contributed by atoms with Crippen molar-refractivity contribution in [3.05, 3.63) is 74.8 Å². The van der Waals surface area contributed by atoms with Gasteiger partial charge in [-0.1, -0.05) is 38.4 Å². The molecule has 4 aromatic rings. The Labute approximate surface area is 186 Å². The first kappa shape index (κ1) is 22.1. The number of benzene rings is 1. The second kappa shape index (κ2) is 7.48. The van der Waals surface area contributed by atoms with Crippen LogP contribution in [0.3, 0.4) is 0 Å². The molecule has 3 aromatic heterocycles. The molecule has 4 rings (SSSR count). The third kappa shape index (κ3) is 3.79. The molecule has 0 amide bonds. The highest BCUT2D eigenvalue weighted by atomic mass is 35.5. The molecule has 0 bridgehead atoms. The molecule has 166 valence electrons. The van der Waals surface area contributed by atoms with Gasteiger partial charge in [-0.05, 0) is 41.7 Å². The van der Waals surface area contributed by atoms with E-state index in [1.54, 1.807) is 12.1 Å². The molecule has 0 aliphatic heterocycles. The zero-order valence-corrected chi connectivity index (χ0v) is 18.6. The van der Waals surface area contributed by atoms with Gasteiger partial charge in [0, 0.05) is 22.8 Å². The van der Waals surface area contributed by atoms with Crippen LogP contribution in [0.25, 0.3) is 28.0 Å². The fourth-order valence-corrected chi connectivity index (χ4v) is 4.17. The Balaban J connectivity index is 1.93. The number of rotatable bonds is 2. The van der Waals surface area contributed by atoms with Gasteiger partial charge in [0.05, 0.1) is 22.8 Å². The summed E-state index contributed by atoms with van der Waals surface area (Å²) in [5.74, 6) is -0.189. The summed E-state index contributed by atoms with van der Waals surface area (Å²) in [6.07, 6.45) is -2.29. The second-order valence-electron chi connectivity index (χ2n) is 8.63. The van der Waals surface area contributed by atoms with E-state index in [2.05, 4.69) is 35.8 Å². The highest BCUT2D eigenvalue weighted by molar-refractivity contribution is 6.31. The minimum atomic E-state index is -4.64. The maximum Gasteiger partial charge on any atom is 0.433 e. The van der Waals surface area contributed by atoms with Gasteiger partial charge in [-0.25, -0.2) is 9.67 Å². The van der Waals surface area contributed by atoms with Gasteiger partial charge in [-0.15, -0.1) is 0 Å². The summed E-state index contributed by atoms with van der Waals surface area (Å²) in [7, 11) is 0. The van der Waals surface area contributed by atoms with Crippen LogP contribution in [0, 0.1) is 6.92 Å². The standard InChI is InChI=1S/C23H20ClF3N4O/c1-12-9-14(22(2,3)4)15(24)10-13(12)17-11-18(32)20-16(30-17)5-7-28-21(20)31-19(6-8-29-31)23(25,26)27/h5-11H,1-4H3,(H,30,32). The van der Waals surface area contributed by atoms with Crippen molar-refractivity contribution < 1.29 is 13.2 Å². The number of halogens is 4. The number of aromatic amines is 1. The molecular formula is C23H20ClF3N4O. The molecule has 32 heavy (non-hydrogen) atoms. The van der Waals surface area contributed by atoms with Gasteiger partial charge in [0.2, 0.25) is 0 Å². The van der Waals surface area contributed by atoms with Crippen LogP contribution in [0.1, 0.15) is 37.6 Å². The van der Waals surface area contributed by atoms with Crippen LogP contribution in [0.2, 0.25) is 5.02 Å². The molecule has 5 nitrogen and oxygen atoms in total. The molecule has 0 aliphatic rings. The Morgan fingerprint density at radius 3 is 2.44 bits per heavy atom. The summed E-state index contributed by atoms with van der Waals surface area (Å²) in [6, 6.07) is 7.51. The van der Waals surface area contributed by atoms with Gasteiger partial charge >= 0.3 is 6.18 Å². The molecule has 0 saturated heterocycles. The topological polar surface area (TPSA) is 63.6 Å². The average Bonchev–Trinajstić information content (AvgIpc) is 3.18. The lowest BCUT2D eigenvalue weighted by Crippen LogP contribution is -2.17. The van der Waals surface area contributed by atoms with E-state index in [9.17, 15) is 18.0 Å². The summed E-state index contributed by atoms with van der Waals surface area (Å²) < 4.78 is 40.7. The number of alkyl halides is 3. The van der Waals surface area contributed by atoms with Gasteiger partial charge in [0.25, 0.3) is 0 Å². The van der Waals surface area contributed by atoms with Crippen LogP contribution in [0.5, 0.6) is 0 Å². The monoisotopic (exact) mass is 460 g/mol. The van der Waals surface area contributed by atoms with Crippen molar-refractivity contribution >= 4 is 22.5 Å². The number of nitrogens with zero attached hydrogens (tertiary/aromatic N) is 3. The molecule has 0 spiro atoms. The van der Waals surface area contributed by atoms with Crippen LogP contribution < -0.4 is 5.43 Å². The molecule has 3 heterocycles. The molecule has 1 aromatic carbocycles. The molecule has 0 atom stereocenters. The first-order valence-electron chi connectivity index (χ1n) is 9.82. The number of pyridine rings is 2. The van der Waals surface area contributed by atoms with E-state index < -0.39 is 17.3 Å². The number of fused-ring (bicyclic) bond motifs is 1. The Kier molecular flexibility index (Phi) is 5.16. The minimum absolute atomic E-state index is 0.0144. The molecule has 9 heteroatoms. The van der Waals surface area contributed by atoms with Crippen molar-refractivity contribution in [1.29, 1.82) is 0 Å².